The van der Waals surface area contributed by atoms with Crippen molar-refractivity contribution < 1.29 is 8.42 Å². The maximum Gasteiger partial charge on any atom is 0.241 e. The summed E-state index contributed by atoms with van der Waals surface area (Å²) in [5.74, 6) is 1.34. The lowest BCUT2D eigenvalue weighted by Gasteiger charge is -2.27. The summed E-state index contributed by atoms with van der Waals surface area (Å²) in [6.45, 7) is 3.53. The van der Waals surface area contributed by atoms with Gasteiger partial charge in [-0.1, -0.05) is 26.2 Å². The van der Waals surface area contributed by atoms with Crippen LogP contribution in [0.25, 0.3) is 0 Å². The summed E-state index contributed by atoms with van der Waals surface area (Å²) < 4.78 is 27.4. The second-order valence-electron chi connectivity index (χ2n) is 5.93. The molecule has 0 saturated heterocycles. The molecule has 0 unspecified atom stereocenters. The number of thiophene rings is 1. The second kappa shape index (κ2) is 7.72. The zero-order chi connectivity index (χ0) is 15.3. The van der Waals surface area contributed by atoms with Gasteiger partial charge in [0.1, 0.15) is 0 Å². The van der Waals surface area contributed by atoms with E-state index in [1.54, 1.807) is 11.4 Å². The molecule has 1 aromatic heterocycles. The number of hydrogen-bond acceptors (Lipinski definition) is 4. The van der Waals surface area contributed by atoms with Crippen molar-refractivity contribution in [2.75, 3.05) is 13.6 Å². The Hall–Kier alpha value is -0.430. The molecule has 0 spiro atoms. The topological polar surface area (TPSA) is 58.2 Å². The van der Waals surface area contributed by atoms with Crippen molar-refractivity contribution >= 4 is 21.4 Å². The Labute approximate surface area is 132 Å². The van der Waals surface area contributed by atoms with E-state index in [0.29, 0.717) is 23.9 Å². The van der Waals surface area contributed by atoms with Crippen LogP contribution in [0.1, 0.15) is 43.9 Å². The molecule has 0 bridgehead atoms. The van der Waals surface area contributed by atoms with Crippen LogP contribution in [-0.4, -0.2) is 22.0 Å². The molecular weight excluding hydrogens is 304 g/mol. The van der Waals surface area contributed by atoms with Gasteiger partial charge in [-0.05, 0) is 37.8 Å². The summed E-state index contributed by atoms with van der Waals surface area (Å²) >= 11 is 1.48. The van der Waals surface area contributed by atoms with Crippen molar-refractivity contribution in [2.24, 2.45) is 11.8 Å². The lowest BCUT2D eigenvalue weighted by molar-refractivity contribution is 0.270. The molecule has 0 atom stereocenters. The molecule has 1 heterocycles. The fourth-order valence-corrected chi connectivity index (χ4v) is 5.33. The molecule has 1 aliphatic rings. The summed E-state index contributed by atoms with van der Waals surface area (Å²) in [5.41, 5.74) is 0. The molecule has 6 heteroatoms. The maximum absolute atomic E-state index is 12.3. The molecule has 1 saturated carbocycles. The SMILES string of the molecule is CCC1CCC(CNS(=O)(=O)c2csc(CNC)c2)CC1. The molecule has 21 heavy (non-hydrogen) atoms. The average Bonchev–Trinajstić information content (AvgIpc) is 2.96. The Morgan fingerprint density at radius 1 is 1.24 bits per heavy atom. The molecule has 0 radical (unpaired) electrons. The largest absolute Gasteiger partial charge is 0.315 e. The molecular formula is C15H26N2O2S2. The van der Waals surface area contributed by atoms with E-state index in [9.17, 15) is 8.42 Å². The summed E-state index contributed by atoms with van der Waals surface area (Å²) in [5, 5.41) is 4.76. The lowest BCUT2D eigenvalue weighted by atomic mass is 9.81. The molecule has 2 rings (SSSR count). The first-order chi connectivity index (χ1) is 10.0. The fourth-order valence-electron chi connectivity index (χ4n) is 2.92. The van der Waals surface area contributed by atoms with Crippen molar-refractivity contribution in [1.82, 2.24) is 10.0 Å². The van der Waals surface area contributed by atoms with E-state index in [1.807, 2.05) is 7.05 Å². The number of rotatable bonds is 7. The molecule has 4 nitrogen and oxygen atoms in total. The number of sulfonamides is 1. The predicted molar refractivity (Wildman–Crippen MR) is 88.0 cm³/mol. The lowest BCUT2D eigenvalue weighted by Crippen LogP contribution is -2.31. The van der Waals surface area contributed by atoms with Crippen LogP contribution < -0.4 is 10.0 Å². The van der Waals surface area contributed by atoms with E-state index in [0.717, 1.165) is 23.6 Å². The molecule has 1 aromatic rings. The van der Waals surface area contributed by atoms with Crippen LogP contribution in [0.4, 0.5) is 0 Å². The predicted octanol–water partition coefficient (Wildman–Crippen LogP) is 2.96. The van der Waals surface area contributed by atoms with Crippen LogP contribution in [0.15, 0.2) is 16.3 Å². The fraction of sp³-hybridized carbons (Fsp3) is 0.733. The van der Waals surface area contributed by atoms with Crippen molar-refractivity contribution in [1.29, 1.82) is 0 Å². The van der Waals surface area contributed by atoms with E-state index >= 15 is 0 Å². The quantitative estimate of drug-likeness (QED) is 0.808. The summed E-state index contributed by atoms with van der Waals surface area (Å²) in [6, 6.07) is 1.76. The van der Waals surface area contributed by atoms with Crippen molar-refractivity contribution in [2.45, 2.75) is 50.5 Å². The zero-order valence-electron chi connectivity index (χ0n) is 12.9. The third-order valence-corrected chi connectivity index (χ3v) is 6.89. The maximum atomic E-state index is 12.3. The monoisotopic (exact) mass is 330 g/mol. The third-order valence-electron chi connectivity index (χ3n) is 4.40. The van der Waals surface area contributed by atoms with E-state index < -0.39 is 10.0 Å². The van der Waals surface area contributed by atoms with Gasteiger partial charge in [0.25, 0.3) is 0 Å². The normalized spacial score (nSPS) is 23.3. The van der Waals surface area contributed by atoms with Crippen LogP contribution in [0.2, 0.25) is 0 Å². The molecule has 0 amide bonds. The first kappa shape index (κ1) is 16.9. The van der Waals surface area contributed by atoms with Crippen LogP contribution in [0.3, 0.4) is 0 Å². The zero-order valence-corrected chi connectivity index (χ0v) is 14.5. The van der Waals surface area contributed by atoms with Crippen molar-refractivity contribution in [3.63, 3.8) is 0 Å². The average molecular weight is 331 g/mol. The van der Waals surface area contributed by atoms with Crippen LogP contribution in [-0.2, 0) is 16.6 Å². The Kier molecular flexibility index (Phi) is 6.22. The number of hydrogen-bond donors (Lipinski definition) is 2. The minimum absolute atomic E-state index is 0.403. The van der Waals surface area contributed by atoms with Crippen molar-refractivity contribution in [3.05, 3.63) is 16.3 Å². The van der Waals surface area contributed by atoms with Crippen molar-refractivity contribution in [3.8, 4) is 0 Å². The summed E-state index contributed by atoms with van der Waals surface area (Å²) in [4.78, 5) is 1.45. The van der Waals surface area contributed by atoms with Crippen LogP contribution in [0.5, 0.6) is 0 Å². The van der Waals surface area contributed by atoms with Crippen LogP contribution in [0, 0.1) is 11.8 Å². The Bertz CT molecular complexity index is 532. The first-order valence-corrected chi connectivity index (χ1v) is 10.1. The van der Waals surface area contributed by atoms with Gasteiger partial charge in [-0.15, -0.1) is 11.3 Å². The van der Waals surface area contributed by atoms with Gasteiger partial charge >= 0.3 is 0 Å². The molecule has 1 fully saturated rings. The van der Waals surface area contributed by atoms with Gasteiger partial charge in [0.05, 0.1) is 4.90 Å². The second-order valence-corrected chi connectivity index (χ2v) is 8.69. The van der Waals surface area contributed by atoms with Gasteiger partial charge in [-0.3, -0.25) is 0 Å². The first-order valence-electron chi connectivity index (χ1n) is 7.76. The smallest absolute Gasteiger partial charge is 0.241 e. The minimum Gasteiger partial charge on any atom is -0.315 e. The Morgan fingerprint density at radius 3 is 2.52 bits per heavy atom. The highest BCUT2D eigenvalue weighted by Crippen LogP contribution is 2.30. The Morgan fingerprint density at radius 2 is 1.90 bits per heavy atom. The molecule has 120 valence electrons. The summed E-state index contributed by atoms with van der Waals surface area (Å²) in [7, 11) is -1.48. The molecule has 0 aliphatic heterocycles. The third kappa shape index (κ3) is 4.77. The van der Waals surface area contributed by atoms with Gasteiger partial charge in [0, 0.05) is 23.3 Å². The minimum atomic E-state index is -3.34. The highest BCUT2D eigenvalue weighted by Gasteiger charge is 2.22. The van der Waals surface area contributed by atoms with E-state index in [-0.39, 0.29) is 0 Å². The highest BCUT2D eigenvalue weighted by molar-refractivity contribution is 7.89. The highest BCUT2D eigenvalue weighted by atomic mass is 32.2. The molecule has 2 N–H and O–H groups in total. The summed E-state index contributed by atoms with van der Waals surface area (Å²) in [6.07, 6.45) is 6.04. The van der Waals surface area contributed by atoms with Gasteiger partial charge < -0.3 is 5.32 Å². The number of nitrogens with one attached hydrogen (secondary N) is 2. The van der Waals surface area contributed by atoms with Gasteiger partial charge in [-0.2, -0.15) is 0 Å². The van der Waals surface area contributed by atoms with E-state index in [4.69, 9.17) is 0 Å². The van der Waals surface area contributed by atoms with Gasteiger partial charge in [-0.25, -0.2) is 13.1 Å². The van der Waals surface area contributed by atoms with E-state index in [2.05, 4.69) is 17.0 Å². The van der Waals surface area contributed by atoms with Crippen LogP contribution >= 0.6 is 11.3 Å². The Balaban J connectivity index is 1.86. The standard InChI is InChI=1S/C15H26N2O2S2/c1-3-12-4-6-13(7-5-12)9-17-21(18,19)15-8-14(10-16-2)20-11-15/h8,11-13,16-17H,3-7,9-10H2,1-2H3. The van der Waals surface area contributed by atoms with Gasteiger partial charge in [0.2, 0.25) is 10.0 Å². The molecule has 0 aromatic carbocycles. The van der Waals surface area contributed by atoms with Gasteiger partial charge in [0.15, 0.2) is 0 Å². The molecule has 1 aliphatic carbocycles. The van der Waals surface area contributed by atoms with E-state index in [1.165, 1.54) is 30.6 Å².